The summed E-state index contributed by atoms with van der Waals surface area (Å²) in [6.07, 6.45) is 3.26. The van der Waals surface area contributed by atoms with E-state index >= 15 is 0 Å². The Hall–Kier alpha value is -3.09. The van der Waals surface area contributed by atoms with Gasteiger partial charge in [0.05, 0.1) is 10.6 Å². The molecule has 1 N–H and O–H groups in total. The smallest absolute Gasteiger partial charge is 0.267 e. The van der Waals surface area contributed by atoms with Crippen LogP contribution >= 0.6 is 0 Å². The number of nitro groups is 1. The van der Waals surface area contributed by atoms with Gasteiger partial charge in [0.25, 0.3) is 11.6 Å². The summed E-state index contributed by atoms with van der Waals surface area (Å²) in [6.45, 7) is 1.76. The van der Waals surface area contributed by atoms with E-state index in [4.69, 9.17) is 0 Å². The molecule has 7 heteroatoms. The molecule has 0 fully saturated rings. The fourth-order valence-electron chi connectivity index (χ4n) is 1.59. The molecule has 0 unspecified atom stereocenters. The highest BCUT2D eigenvalue weighted by Gasteiger charge is 2.08. The second-order valence-corrected chi connectivity index (χ2v) is 4.18. The first-order valence-corrected chi connectivity index (χ1v) is 6.07. The van der Waals surface area contributed by atoms with Gasteiger partial charge < -0.3 is 0 Å². The standard InChI is InChI=1S/C14H12N4O3/c1-10(11-6-8-15-9-7-11)16-17-14(19)12-2-4-13(5-3-12)18(20)21/h2-9H,1H3,(H,17,19)/b16-10-. The Balaban J connectivity index is 2.06. The number of hydrogen-bond donors (Lipinski definition) is 1. The van der Waals surface area contributed by atoms with E-state index in [0.29, 0.717) is 11.3 Å². The number of benzene rings is 1. The van der Waals surface area contributed by atoms with Crippen molar-refractivity contribution in [3.63, 3.8) is 0 Å². The highest BCUT2D eigenvalue weighted by Crippen LogP contribution is 2.11. The Morgan fingerprint density at radius 3 is 2.33 bits per heavy atom. The van der Waals surface area contributed by atoms with Gasteiger partial charge in [0.1, 0.15) is 0 Å². The maximum absolute atomic E-state index is 11.9. The van der Waals surface area contributed by atoms with E-state index in [1.807, 2.05) is 0 Å². The quantitative estimate of drug-likeness (QED) is 0.528. The van der Waals surface area contributed by atoms with Crippen LogP contribution in [0.4, 0.5) is 5.69 Å². The van der Waals surface area contributed by atoms with Gasteiger partial charge in [0.15, 0.2) is 0 Å². The van der Waals surface area contributed by atoms with Gasteiger partial charge in [-0.3, -0.25) is 19.9 Å². The number of nitrogens with zero attached hydrogens (tertiary/aromatic N) is 3. The molecular formula is C14H12N4O3. The zero-order chi connectivity index (χ0) is 15.2. The summed E-state index contributed by atoms with van der Waals surface area (Å²) < 4.78 is 0. The lowest BCUT2D eigenvalue weighted by molar-refractivity contribution is -0.384. The molecule has 2 rings (SSSR count). The summed E-state index contributed by atoms with van der Waals surface area (Å²) in [4.78, 5) is 25.8. The summed E-state index contributed by atoms with van der Waals surface area (Å²) in [5.74, 6) is -0.432. The molecule has 0 aliphatic heterocycles. The number of nitro benzene ring substituents is 1. The number of hydrogen-bond acceptors (Lipinski definition) is 5. The molecule has 0 spiro atoms. The fourth-order valence-corrected chi connectivity index (χ4v) is 1.59. The monoisotopic (exact) mass is 284 g/mol. The molecule has 7 nitrogen and oxygen atoms in total. The van der Waals surface area contributed by atoms with E-state index in [0.717, 1.165) is 5.56 Å². The highest BCUT2D eigenvalue weighted by molar-refractivity contribution is 6.00. The molecule has 0 bridgehead atoms. The van der Waals surface area contributed by atoms with Crippen LogP contribution in [0.2, 0.25) is 0 Å². The molecule has 0 saturated heterocycles. The topological polar surface area (TPSA) is 97.5 Å². The predicted molar refractivity (Wildman–Crippen MR) is 77.0 cm³/mol. The van der Waals surface area contributed by atoms with Gasteiger partial charge in [-0.1, -0.05) is 0 Å². The third kappa shape index (κ3) is 3.69. The van der Waals surface area contributed by atoms with E-state index in [2.05, 4.69) is 15.5 Å². The van der Waals surface area contributed by atoms with Gasteiger partial charge in [-0.2, -0.15) is 5.10 Å². The summed E-state index contributed by atoms with van der Waals surface area (Å²) in [6, 6.07) is 8.85. The normalized spacial score (nSPS) is 11.0. The Morgan fingerprint density at radius 2 is 1.76 bits per heavy atom. The molecule has 106 valence electrons. The van der Waals surface area contributed by atoms with Crippen molar-refractivity contribution in [2.24, 2.45) is 5.10 Å². The van der Waals surface area contributed by atoms with Crippen molar-refractivity contribution in [1.82, 2.24) is 10.4 Å². The molecule has 0 aliphatic rings. The van der Waals surface area contributed by atoms with E-state index < -0.39 is 10.8 Å². The molecule has 0 aliphatic carbocycles. The van der Waals surface area contributed by atoms with Crippen molar-refractivity contribution < 1.29 is 9.72 Å². The number of non-ortho nitro benzene ring substituents is 1. The molecule has 1 amide bonds. The van der Waals surface area contributed by atoms with Crippen LogP contribution in [0.1, 0.15) is 22.8 Å². The third-order valence-corrected chi connectivity index (χ3v) is 2.76. The lowest BCUT2D eigenvalue weighted by Gasteiger charge is -2.02. The van der Waals surface area contributed by atoms with Gasteiger partial charge in [0.2, 0.25) is 0 Å². The van der Waals surface area contributed by atoms with Crippen LogP contribution in [0, 0.1) is 10.1 Å². The van der Waals surface area contributed by atoms with Crippen molar-refractivity contribution in [1.29, 1.82) is 0 Å². The van der Waals surface area contributed by atoms with E-state index in [-0.39, 0.29) is 5.69 Å². The highest BCUT2D eigenvalue weighted by atomic mass is 16.6. The Bertz CT molecular complexity index is 681. The van der Waals surface area contributed by atoms with Gasteiger partial charge >= 0.3 is 0 Å². The summed E-state index contributed by atoms with van der Waals surface area (Å²) >= 11 is 0. The van der Waals surface area contributed by atoms with Crippen LogP contribution in [0.3, 0.4) is 0 Å². The maximum Gasteiger partial charge on any atom is 0.271 e. The fraction of sp³-hybridized carbons (Fsp3) is 0.0714. The van der Waals surface area contributed by atoms with E-state index in [1.165, 1.54) is 24.3 Å². The minimum atomic E-state index is -0.520. The molecule has 0 radical (unpaired) electrons. The van der Waals surface area contributed by atoms with Crippen LogP contribution in [-0.4, -0.2) is 21.5 Å². The summed E-state index contributed by atoms with van der Waals surface area (Å²) in [5.41, 5.74) is 4.11. The minimum absolute atomic E-state index is 0.0667. The van der Waals surface area contributed by atoms with Crippen LogP contribution in [0.5, 0.6) is 0 Å². The average molecular weight is 284 g/mol. The first-order chi connectivity index (χ1) is 10.1. The molecular weight excluding hydrogens is 272 g/mol. The Morgan fingerprint density at radius 1 is 1.14 bits per heavy atom. The summed E-state index contributed by atoms with van der Waals surface area (Å²) in [7, 11) is 0. The minimum Gasteiger partial charge on any atom is -0.267 e. The average Bonchev–Trinajstić information content (AvgIpc) is 2.53. The summed E-state index contributed by atoms with van der Waals surface area (Å²) in [5, 5.41) is 14.5. The number of carbonyl (C=O) groups is 1. The van der Waals surface area contributed by atoms with Crippen molar-refractivity contribution in [2.75, 3.05) is 0 Å². The molecule has 2 aromatic rings. The zero-order valence-electron chi connectivity index (χ0n) is 11.2. The number of pyridine rings is 1. The zero-order valence-corrected chi connectivity index (χ0v) is 11.2. The molecule has 1 heterocycles. The van der Waals surface area contributed by atoms with Crippen LogP contribution in [-0.2, 0) is 0 Å². The van der Waals surface area contributed by atoms with Crippen LogP contribution in [0.15, 0.2) is 53.9 Å². The van der Waals surface area contributed by atoms with Crippen LogP contribution < -0.4 is 5.43 Å². The lowest BCUT2D eigenvalue weighted by Crippen LogP contribution is -2.19. The predicted octanol–water partition coefficient (Wildman–Crippen LogP) is 2.14. The number of rotatable bonds is 4. The van der Waals surface area contributed by atoms with Crippen molar-refractivity contribution >= 4 is 17.3 Å². The number of nitrogens with one attached hydrogen (secondary N) is 1. The first kappa shape index (κ1) is 14.3. The van der Waals surface area contributed by atoms with Gasteiger partial charge in [-0.15, -0.1) is 0 Å². The first-order valence-electron chi connectivity index (χ1n) is 6.07. The second-order valence-electron chi connectivity index (χ2n) is 4.18. The maximum atomic E-state index is 11.9. The van der Waals surface area contributed by atoms with Gasteiger partial charge in [-0.25, -0.2) is 5.43 Å². The Kier molecular flexibility index (Phi) is 4.35. The number of amides is 1. The molecule has 1 aromatic carbocycles. The lowest BCUT2D eigenvalue weighted by atomic mass is 10.2. The Labute approximate surface area is 120 Å². The SMILES string of the molecule is C/C(=N/NC(=O)c1ccc([N+](=O)[O-])cc1)c1ccncc1. The number of aromatic nitrogens is 1. The van der Waals surface area contributed by atoms with Gasteiger partial charge in [0, 0.05) is 35.7 Å². The third-order valence-electron chi connectivity index (χ3n) is 2.76. The molecule has 21 heavy (non-hydrogen) atoms. The van der Waals surface area contributed by atoms with E-state index in [9.17, 15) is 14.9 Å². The van der Waals surface area contributed by atoms with Crippen molar-refractivity contribution in [3.8, 4) is 0 Å². The molecule has 0 atom stereocenters. The number of carbonyl (C=O) groups excluding carboxylic acids is 1. The van der Waals surface area contributed by atoms with Crippen molar-refractivity contribution in [3.05, 3.63) is 70.0 Å². The second kappa shape index (κ2) is 6.38. The van der Waals surface area contributed by atoms with E-state index in [1.54, 1.807) is 31.5 Å². The molecule has 0 saturated carbocycles. The molecule has 1 aromatic heterocycles. The van der Waals surface area contributed by atoms with Crippen molar-refractivity contribution in [2.45, 2.75) is 6.92 Å². The number of hydrazone groups is 1. The van der Waals surface area contributed by atoms with Gasteiger partial charge in [-0.05, 0) is 31.2 Å². The van der Waals surface area contributed by atoms with Crippen LogP contribution in [0.25, 0.3) is 0 Å². The largest absolute Gasteiger partial charge is 0.271 e.